The molecule has 0 radical (unpaired) electrons. The van der Waals surface area contributed by atoms with Crippen molar-refractivity contribution in [3.63, 3.8) is 0 Å². The molecule has 4 heterocycles. The van der Waals surface area contributed by atoms with Gasteiger partial charge in [-0.1, -0.05) is 12.1 Å². The predicted molar refractivity (Wildman–Crippen MR) is 120 cm³/mol. The minimum atomic E-state index is -0.681. The number of nitrogens with zero attached hydrogens (tertiary/aromatic N) is 8. The second-order valence-corrected chi connectivity index (χ2v) is 8.46. The van der Waals surface area contributed by atoms with Crippen LogP contribution in [0, 0.1) is 0 Å². The fraction of sp³-hybridized carbons (Fsp3) is 0.227. The molecule has 1 aliphatic carbocycles. The maximum Gasteiger partial charge on any atom is 0.437 e. The van der Waals surface area contributed by atoms with Gasteiger partial charge in [0, 0.05) is 29.1 Å². The Morgan fingerprint density at radius 3 is 2.94 bits per heavy atom. The first-order valence-corrected chi connectivity index (χ1v) is 10.8. The summed E-state index contributed by atoms with van der Waals surface area (Å²) in [7, 11) is 0. The number of carbonyl (C=O) groups is 1. The Morgan fingerprint density at radius 2 is 2.11 bits per heavy atom. The van der Waals surface area contributed by atoms with Crippen LogP contribution in [0.4, 0.5) is 10.6 Å². The molecule has 6 rings (SSSR count). The number of aromatic nitrogens is 8. The van der Waals surface area contributed by atoms with E-state index in [4.69, 9.17) is 14.1 Å². The van der Waals surface area contributed by atoms with Crippen LogP contribution in [0.5, 0.6) is 11.6 Å². The summed E-state index contributed by atoms with van der Waals surface area (Å²) in [6, 6.07) is 10.6. The SMILES string of the molecule is CC1(c2cc(NC(=O)On3ccc4cc(Oc5cc(Cn6cnnn6)ncn5)ccc43)no2)CC1. The molecular weight excluding hydrogens is 454 g/mol. The Kier molecular flexibility index (Phi) is 4.87. The molecule has 0 unspecified atom stereocenters. The number of fused-ring (bicyclic) bond motifs is 1. The lowest BCUT2D eigenvalue weighted by Crippen LogP contribution is -2.24. The molecule has 0 aliphatic heterocycles. The van der Waals surface area contributed by atoms with E-state index < -0.39 is 6.09 Å². The molecule has 13 nitrogen and oxygen atoms in total. The van der Waals surface area contributed by atoms with E-state index in [-0.39, 0.29) is 5.41 Å². The van der Waals surface area contributed by atoms with E-state index >= 15 is 0 Å². The summed E-state index contributed by atoms with van der Waals surface area (Å²) in [5.41, 5.74) is 1.40. The van der Waals surface area contributed by atoms with Gasteiger partial charge in [-0.3, -0.25) is 5.32 Å². The fourth-order valence-electron chi connectivity index (χ4n) is 3.57. The largest absolute Gasteiger partial charge is 0.439 e. The third-order valence-corrected chi connectivity index (χ3v) is 5.78. The highest BCUT2D eigenvalue weighted by Gasteiger charge is 2.43. The van der Waals surface area contributed by atoms with Crippen LogP contribution in [0.2, 0.25) is 0 Å². The van der Waals surface area contributed by atoms with Crippen molar-refractivity contribution < 1.29 is 18.9 Å². The lowest BCUT2D eigenvalue weighted by atomic mass is 10.1. The van der Waals surface area contributed by atoms with Crippen molar-refractivity contribution >= 4 is 22.8 Å². The van der Waals surface area contributed by atoms with Crippen LogP contribution in [0.25, 0.3) is 10.9 Å². The minimum absolute atomic E-state index is 0.0231. The number of nitrogens with one attached hydrogen (secondary N) is 1. The van der Waals surface area contributed by atoms with Crippen LogP contribution in [0.1, 0.15) is 31.2 Å². The molecule has 0 saturated heterocycles. The fourth-order valence-corrected chi connectivity index (χ4v) is 3.57. The van der Waals surface area contributed by atoms with Crippen molar-refractivity contribution in [1.29, 1.82) is 0 Å². The normalized spacial score (nSPS) is 14.1. The molecular formula is C22H19N9O4. The van der Waals surface area contributed by atoms with Crippen LogP contribution in [-0.2, 0) is 12.0 Å². The Bertz CT molecular complexity index is 1500. The third-order valence-electron chi connectivity index (χ3n) is 5.78. The first-order valence-electron chi connectivity index (χ1n) is 10.8. The van der Waals surface area contributed by atoms with Crippen LogP contribution >= 0.6 is 0 Å². The molecule has 1 aromatic carbocycles. The highest BCUT2D eigenvalue weighted by Crippen LogP contribution is 2.48. The molecule has 1 amide bonds. The average molecular weight is 473 g/mol. The smallest absolute Gasteiger partial charge is 0.437 e. The van der Waals surface area contributed by atoms with Gasteiger partial charge < -0.3 is 14.1 Å². The number of hydrogen-bond donors (Lipinski definition) is 1. The van der Waals surface area contributed by atoms with E-state index in [1.807, 2.05) is 6.07 Å². The molecule has 1 fully saturated rings. The van der Waals surface area contributed by atoms with Gasteiger partial charge in [0.2, 0.25) is 5.88 Å². The zero-order valence-corrected chi connectivity index (χ0v) is 18.5. The molecule has 0 spiro atoms. The van der Waals surface area contributed by atoms with Crippen LogP contribution < -0.4 is 14.9 Å². The van der Waals surface area contributed by atoms with Gasteiger partial charge >= 0.3 is 6.09 Å². The Labute approximate surface area is 197 Å². The summed E-state index contributed by atoms with van der Waals surface area (Å²) in [5, 5.41) is 18.3. The van der Waals surface area contributed by atoms with Crippen LogP contribution in [0.15, 0.2) is 59.8 Å². The third kappa shape index (κ3) is 4.38. The van der Waals surface area contributed by atoms with Gasteiger partial charge in [-0.25, -0.2) is 19.4 Å². The minimum Gasteiger partial charge on any atom is -0.439 e. The molecule has 5 aromatic rings. The number of ether oxygens (including phenoxy) is 1. The van der Waals surface area contributed by atoms with Crippen LogP contribution in [-0.4, -0.2) is 46.2 Å². The van der Waals surface area contributed by atoms with Gasteiger partial charge in [0.05, 0.1) is 17.8 Å². The molecule has 13 heteroatoms. The van der Waals surface area contributed by atoms with Gasteiger partial charge in [-0.2, -0.15) is 4.73 Å². The van der Waals surface area contributed by atoms with E-state index in [1.165, 1.54) is 17.4 Å². The molecule has 35 heavy (non-hydrogen) atoms. The van der Waals surface area contributed by atoms with Crippen molar-refractivity contribution in [1.82, 2.24) is 40.1 Å². The quantitative estimate of drug-likeness (QED) is 0.374. The van der Waals surface area contributed by atoms with Crippen LogP contribution in [0.3, 0.4) is 0 Å². The van der Waals surface area contributed by atoms with Crippen molar-refractivity contribution in [3.05, 3.63) is 66.7 Å². The van der Waals surface area contributed by atoms with E-state index in [1.54, 1.807) is 41.2 Å². The number of tetrazole rings is 1. The molecule has 1 aliphatic rings. The lowest BCUT2D eigenvalue weighted by Gasteiger charge is -2.08. The number of anilines is 1. The monoisotopic (exact) mass is 473 g/mol. The summed E-state index contributed by atoms with van der Waals surface area (Å²) < 4.78 is 14.1. The summed E-state index contributed by atoms with van der Waals surface area (Å²) in [4.78, 5) is 26.1. The molecule has 1 saturated carbocycles. The van der Waals surface area contributed by atoms with Gasteiger partial charge in [0.1, 0.15) is 24.2 Å². The van der Waals surface area contributed by atoms with Crippen molar-refractivity contribution in [2.24, 2.45) is 0 Å². The molecule has 0 atom stereocenters. The van der Waals surface area contributed by atoms with E-state index in [0.717, 1.165) is 24.0 Å². The summed E-state index contributed by atoms with van der Waals surface area (Å²) >= 11 is 0. The van der Waals surface area contributed by atoms with Crippen molar-refractivity contribution in [2.45, 2.75) is 31.7 Å². The number of benzene rings is 1. The zero-order valence-electron chi connectivity index (χ0n) is 18.5. The molecule has 176 valence electrons. The highest BCUT2D eigenvalue weighted by molar-refractivity contribution is 5.86. The zero-order chi connectivity index (χ0) is 23.8. The van der Waals surface area contributed by atoms with Crippen molar-refractivity contribution in [3.8, 4) is 11.6 Å². The number of hydrogen-bond acceptors (Lipinski definition) is 10. The first kappa shape index (κ1) is 20.8. The standard InChI is InChI=1S/C22H19N9O4/c1-22(5-6-22)18-10-19(27-34-18)26-21(32)35-31-7-4-14-8-16(2-3-17(14)31)33-20-9-15(23-12-24-20)11-30-13-25-28-29-30/h2-4,7-10,12-13H,5-6,11H2,1H3,(H,26,27,32). The summed E-state index contributed by atoms with van der Waals surface area (Å²) in [6.45, 7) is 2.49. The number of carbonyl (C=O) groups excluding carboxylic acids is 1. The average Bonchev–Trinajstić information content (AvgIpc) is 3.24. The maximum absolute atomic E-state index is 12.4. The predicted octanol–water partition coefficient (Wildman–Crippen LogP) is 2.96. The van der Waals surface area contributed by atoms with Gasteiger partial charge in [0.25, 0.3) is 0 Å². The van der Waals surface area contributed by atoms with Gasteiger partial charge in [-0.15, -0.1) is 5.10 Å². The summed E-state index contributed by atoms with van der Waals surface area (Å²) in [5.74, 6) is 2.02. The molecule has 1 N–H and O–H groups in total. The van der Waals surface area contributed by atoms with E-state index in [2.05, 4.69) is 42.9 Å². The molecule has 4 aromatic heterocycles. The Morgan fingerprint density at radius 1 is 1.20 bits per heavy atom. The highest BCUT2D eigenvalue weighted by atomic mass is 16.7. The summed E-state index contributed by atoms with van der Waals surface area (Å²) in [6.07, 6.45) is 5.97. The number of amides is 1. The van der Waals surface area contributed by atoms with Gasteiger partial charge in [0.15, 0.2) is 5.82 Å². The van der Waals surface area contributed by atoms with E-state index in [0.29, 0.717) is 35.2 Å². The number of rotatable bonds is 7. The second-order valence-electron chi connectivity index (χ2n) is 8.46. The first-order chi connectivity index (χ1) is 17.0. The van der Waals surface area contributed by atoms with Gasteiger partial charge in [-0.05, 0) is 47.5 Å². The second kappa shape index (κ2) is 8.20. The lowest BCUT2D eigenvalue weighted by molar-refractivity contribution is 0.153. The maximum atomic E-state index is 12.4. The Balaban J connectivity index is 1.12. The topological polar surface area (TPSA) is 148 Å². The molecule has 0 bridgehead atoms. The van der Waals surface area contributed by atoms with Crippen molar-refractivity contribution in [2.75, 3.05) is 5.32 Å². The van der Waals surface area contributed by atoms with E-state index in [9.17, 15) is 4.79 Å². The Hall–Kier alpha value is -4.81.